The molecule has 1 aromatic heterocycles. The highest BCUT2D eigenvalue weighted by atomic mass is 32.2. The van der Waals surface area contributed by atoms with Gasteiger partial charge in [-0.3, -0.25) is 0 Å². The minimum atomic E-state index is -0.376. The van der Waals surface area contributed by atoms with Gasteiger partial charge < -0.3 is 10.3 Å². The van der Waals surface area contributed by atoms with Gasteiger partial charge >= 0.3 is 0 Å². The minimum absolute atomic E-state index is 0.00188. The lowest BCUT2D eigenvalue weighted by molar-refractivity contribution is 0.221. The molecule has 0 amide bonds. The van der Waals surface area contributed by atoms with Gasteiger partial charge in [0.1, 0.15) is 0 Å². The Balaban J connectivity index is 1.84. The van der Waals surface area contributed by atoms with E-state index in [-0.39, 0.29) is 10.3 Å². The van der Waals surface area contributed by atoms with Crippen molar-refractivity contribution in [1.29, 1.82) is 0 Å². The zero-order valence-electron chi connectivity index (χ0n) is 11.8. The molecule has 1 aromatic rings. The molecule has 0 bridgehead atoms. The Morgan fingerprint density at radius 1 is 1.37 bits per heavy atom. The van der Waals surface area contributed by atoms with Gasteiger partial charge in [-0.25, -0.2) is 0 Å². The van der Waals surface area contributed by atoms with Gasteiger partial charge in [0.05, 0.1) is 10.3 Å². The molecule has 1 saturated carbocycles. The van der Waals surface area contributed by atoms with Crippen LogP contribution in [0.5, 0.6) is 0 Å². The maximum absolute atomic E-state index is 6.53. The molecule has 19 heavy (non-hydrogen) atoms. The molecule has 1 aliphatic heterocycles. The Bertz CT molecular complexity index is 455. The lowest BCUT2D eigenvalue weighted by atomic mass is 9.76. The van der Waals surface area contributed by atoms with Crippen LogP contribution in [0, 0.1) is 5.92 Å². The Hall–Kier alpha value is -0.550. The molecule has 0 radical (unpaired) electrons. The van der Waals surface area contributed by atoms with E-state index in [1.807, 2.05) is 11.8 Å². The van der Waals surface area contributed by atoms with E-state index < -0.39 is 0 Å². The largest absolute Gasteiger partial charge is 0.338 e. The minimum Gasteiger partial charge on any atom is -0.338 e. The van der Waals surface area contributed by atoms with E-state index in [0.717, 1.165) is 37.4 Å². The molecule has 0 aromatic carbocycles. The molecule has 1 saturated heterocycles. The van der Waals surface area contributed by atoms with Gasteiger partial charge in [0.25, 0.3) is 0 Å². The van der Waals surface area contributed by atoms with Gasteiger partial charge in [0.2, 0.25) is 5.89 Å². The highest BCUT2D eigenvalue weighted by molar-refractivity contribution is 8.00. The summed E-state index contributed by atoms with van der Waals surface area (Å²) in [5.41, 5.74) is 6.16. The number of nitrogens with zero attached hydrogens (tertiary/aromatic N) is 2. The average molecular weight is 281 g/mol. The third kappa shape index (κ3) is 2.42. The number of nitrogens with two attached hydrogens (primary N) is 1. The second-order valence-corrected chi connectivity index (χ2v) is 8.06. The molecule has 0 spiro atoms. The lowest BCUT2D eigenvalue weighted by Gasteiger charge is -2.33. The Kier molecular flexibility index (Phi) is 3.38. The zero-order chi connectivity index (χ0) is 13.5. The maximum atomic E-state index is 6.53. The summed E-state index contributed by atoms with van der Waals surface area (Å²) in [6.07, 6.45) is 6.71. The van der Waals surface area contributed by atoms with Crippen molar-refractivity contribution in [3.05, 3.63) is 11.7 Å². The second-order valence-electron chi connectivity index (χ2n) is 6.46. The van der Waals surface area contributed by atoms with E-state index in [1.54, 1.807) is 0 Å². The van der Waals surface area contributed by atoms with Crippen LogP contribution in [0.1, 0.15) is 64.1 Å². The predicted molar refractivity (Wildman–Crippen MR) is 76.8 cm³/mol. The Labute approximate surface area is 118 Å². The van der Waals surface area contributed by atoms with Gasteiger partial charge in [-0.05, 0) is 44.3 Å². The van der Waals surface area contributed by atoms with E-state index >= 15 is 0 Å². The molecule has 106 valence electrons. The van der Waals surface area contributed by atoms with Gasteiger partial charge in [-0.1, -0.05) is 24.9 Å². The summed E-state index contributed by atoms with van der Waals surface area (Å²) in [6, 6.07) is 0. The summed E-state index contributed by atoms with van der Waals surface area (Å²) < 4.78 is 5.55. The van der Waals surface area contributed by atoms with Crippen LogP contribution in [0.2, 0.25) is 0 Å². The van der Waals surface area contributed by atoms with E-state index in [9.17, 15) is 0 Å². The first-order valence-corrected chi connectivity index (χ1v) is 8.28. The van der Waals surface area contributed by atoms with Crippen LogP contribution < -0.4 is 5.73 Å². The van der Waals surface area contributed by atoms with E-state index in [1.165, 1.54) is 18.6 Å². The van der Waals surface area contributed by atoms with Crippen molar-refractivity contribution in [2.45, 2.75) is 62.7 Å². The van der Waals surface area contributed by atoms with Crippen LogP contribution in [0.15, 0.2) is 4.52 Å². The topological polar surface area (TPSA) is 64.9 Å². The summed E-state index contributed by atoms with van der Waals surface area (Å²) >= 11 is 1.92. The normalized spacial score (nSPS) is 39.6. The van der Waals surface area contributed by atoms with Crippen LogP contribution >= 0.6 is 11.8 Å². The van der Waals surface area contributed by atoms with Crippen LogP contribution in [0.25, 0.3) is 0 Å². The molecule has 3 unspecified atom stereocenters. The fraction of sp³-hybridized carbons (Fsp3) is 0.857. The summed E-state index contributed by atoms with van der Waals surface area (Å²) in [7, 11) is 0. The molecule has 4 nitrogen and oxygen atoms in total. The fourth-order valence-corrected chi connectivity index (χ4v) is 4.62. The van der Waals surface area contributed by atoms with Crippen molar-refractivity contribution in [3.8, 4) is 0 Å². The molecular formula is C14H23N3OS. The first-order valence-electron chi connectivity index (χ1n) is 7.29. The number of aromatic nitrogens is 2. The highest BCUT2D eigenvalue weighted by Gasteiger charge is 2.41. The van der Waals surface area contributed by atoms with Crippen molar-refractivity contribution in [2.24, 2.45) is 11.7 Å². The molecule has 1 aliphatic carbocycles. The molecule has 3 rings (SSSR count). The Morgan fingerprint density at radius 2 is 2.21 bits per heavy atom. The summed E-state index contributed by atoms with van der Waals surface area (Å²) in [4.78, 5) is 4.67. The van der Waals surface area contributed by atoms with Gasteiger partial charge in [-0.15, -0.1) is 11.8 Å². The SMILES string of the molecule is CC1CCCC(N)(c2noc(C3(C)CCCS3)n2)C1. The van der Waals surface area contributed by atoms with E-state index in [4.69, 9.17) is 10.3 Å². The molecule has 2 fully saturated rings. The summed E-state index contributed by atoms with van der Waals surface area (Å²) in [5.74, 6) is 3.33. The summed E-state index contributed by atoms with van der Waals surface area (Å²) in [6.45, 7) is 4.46. The van der Waals surface area contributed by atoms with Crippen molar-refractivity contribution in [1.82, 2.24) is 10.1 Å². The Morgan fingerprint density at radius 3 is 2.89 bits per heavy atom. The zero-order valence-corrected chi connectivity index (χ0v) is 12.6. The second kappa shape index (κ2) is 4.77. The molecular weight excluding hydrogens is 258 g/mol. The number of hydrogen-bond acceptors (Lipinski definition) is 5. The number of hydrogen-bond donors (Lipinski definition) is 1. The average Bonchev–Trinajstić information content (AvgIpc) is 2.98. The number of thioether (sulfide) groups is 1. The van der Waals surface area contributed by atoms with Crippen LogP contribution in [-0.4, -0.2) is 15.9 Å². The van der Waals surface area contributed by atoms with Crippen molar-refractivity contribution in [3.63, 3.8) is 0 Å². The third-order valence-electron chi connectivity index (χ3n) is 4.58. The third-order valence-corrected chi connectivity index (χ3v) is 6.08. The summed E-state index contributed by atoms with van der Waals surface area (Å²) in [5, 5.41) is 4.21. The smallest absolute Gasteiger partial charge is 0.242 e. The van der Waals surface area contributed by atoms with Crippen LogP contribution in [0.3, 0.4) is 0 Å². The quantitative estimate of drug-likeness (QED) is 0.902. The first kappa shape index (κ1) is 13.4. The van der Waals surface area contributed by atoms with E-state index in [0.29, 0.717) is 5.92 Å². The standard InChI is InChI=1S/C14H23N3OS/c1-10-5-3-7-14(15,9-10)11-16-12(18-17-11)13(2)6-4-8-19-13/h10H,3-9,15H2,1-2H3. The molecule has 5 heteroatoms. The van der Waals surface area contributed by atoms with Gasteiger partial charge in [0, 0.05) is 0 Å². The fourth-order valence-electron chi connectivity index (χ4n) is 3.38. The monoisotopic (exact) mass is 281 g/mol. The molecule has 2 heterocycles. The van der Waals surface area contributed by atoms with E-state index in [2.05, 4.69) is 24.0 Å². The maximum Gasteiger partial charge on any atom is 0.242 e. The van der Waals surface area contributed by atoms with Crippen molar-refractivity contribution >= 4 is 11.8 Å². The van der Waals surface area contributed by atoms with Gasteiger partial charge in [0.15, 0.2) is 5.82 Å². The van der Waals surface area contributed by atoms with Gasteiger partial charge in [-0.2, -0.15) is 4.98 Å². The highest BCUT2D eigenvalue weighted by Crippen LogP contribution is 2.46. The molecule has 3 atom stereocenters. The lowest BCUT2D eigenvalue weighted by Crippen LogP contribution is -2.42. The first-order chi connectivity index (χ1) is 9.02. The molecule has 2 aliphatic rings. The number of rotatable bonds is 2. The van der Waals surface area contributed by atoms with Crippen molar-refractivity contribution in [2.75, 3.05) is 5.75 Å². The van der Waals surface area contributed by atoms with Crippen LogP contribution in [0.4, 0.5) is 0 Å². The van der Waals surface area contributed by atoms with Crippen LogP contribution in [-0.2, 0) is 10.3 Å². The predicted octanol–water partition coefficient (Wildman–Crippen LogP) is 3.18. The molecule has 2 N–H and O–H groups in total. The van der Waals surface area contributed by atoms with Crippen molar-refractivity contribution < 1.29 is 4.52 Å².